The van der Waals surface area contributed by atoms with Crippen molar-refractivity contribution < 1.29 is 24.7 Å². The van der Waals surface area contributed by atoms with E-state index in [4.69, 9.17) is 5.11 Å². The molecule has 0 fully saturated rings. The summed E-state index contributed by atoms with van der Waals surface area (Å²) in [5.74, 6) is -2.10. The zero-order valence-corrected chi connectivity index (χ0v) is 12.2. The van der Waals surface area contributed by atoms with Crippen molar-refractivity contribution in [1.29, 1.82) is 0 Å². The molecule has 0 heterocycles. The first-order valence-electron chi connectivity index (χ1n) is 6.66. The highest BCUT2D eigenvalue weighted by atomic mass is 16.6. The second-order valence-corrected chi connectivity index (χ2v) is 4.71. The molecule has 1 amide bonds. The van der Waals surface area contributed by atoms with Gasteiger partial charge in [0.05, 0.1) is 16.2 Å². The van der Waals surface area contributed by atoms with Gasteiger partial charge < -0.3 is 15.5 Å². The molecule has 0 aliphatic carbocycles. The van der Waals surface area contributed by atoms with Crippen molar-refractivity contribution in [3.63, 3.8) is 0 Å². The van der Waals surface area contributed by atoms with E-state index in [1.54, 1.807) is 6.07 Å². The van der Waals surface area contributed by atoms with Crippen LogP contribution in [0.1, 0.15) is 15.9 Å². The predicted molar refractivity (Wildman–Crippen MR) is 85.8 cm³/mol. The van der Waals surface area contributed by atoms with Gasteiger partial charge in [-0.25, -0.2) is 4.79 Å². The molecule has 0 aliphatic rings. The zero-order valence-electron chi connectivity index (χ0n) is 12.2. The van der Waals surface area contributed by atoms with Gasteiger partial charge in [0.1, 0.15) is 5.75 Å². The molecule has 0 aliphatic heterocycles. The van der Waals surface area contributed by atoms with Crippen LogP contribution < -0.4 is 5.32 Å². The van der Waals surface area contributed by atoms with Crippen molar-refractivity contribution in [3.8, 4) is 5.75 Å². The maximum atomic E-state index is 11.8. The number of nitro groups is 1. The Morgan fingerprint density at radius 1 is 1.17 bits per heavy atom. The van der Waals surface area contributed by atoms with Gasteiger partial charge >= 0.3 is 5.97 Å². The molecule has 2 aromatic carbocycles. The van der Waals surface area contributed by atoms with E-state index in [0.29, 0.717) is 5.56 Å². The summed E-state index contributed by atoms with van der Waals surface area (Å²) in [6.45, 7) is 0. The first-order valence-corrected chi connectivity index (χ1v) is 6.66. The third-order valence-corrected chi connectivity index (χ3v) is 3.01. The third-order valence-electron chi connectivity index (χ3n) is 3.01. The summed E-state index contributed by atoms with van der Waals surface area (Å²) < 4.78 is 0. The summed E-state index contributed by atoms with van der Waals surface area (Å²) in [4.78, 5) is 32.9. The van der Waals surface area contributed by atoms with E-state index in [9.17, 15) is 24.8 Å². The highest BCUT2D eigenvalue weighted by Crippen LogP contribution is 2.24. The number of benzene rings is 2. The summed E-state index contributed by atoms with van der Waals surface area (Å²) >= 11 is 0. The molecule has 0 spiro atoms. The van der Waals surface area contributed by atoms with E-state index in [1.807, 2.05) is 0 Å². The summed E-state index contributed by atoms with van der Waals surface area (Å²) in [6.07, 6.45) is 2.48. The zero-order chi connectivity index (χ0) is 17.7. The van der Waals surface area contributed by atoms with Crippen LogP contribution in [0, 0.1) is 10.1 Å². The number of anilines is 1. The van der Waals surface area contributed by atoms with Gasteiger partial charge in [0, 0.05) is 18.2 Å². The topological polar surface area (TPSA) is 130 Å². The average molecular weight is 328 g/mol. The Kier molecular flexibility index (Phi) is 4.90. The molecule has 3 N–H and O–H groups in total. The van der Waals surface area contributed by atoms with E-state index in [1.165, 1.54) is 30.3 Å². The first kappa shape index (κ1) is 16.7. The van der Waals surface area contributed by atoms with Crippen molar-refractivity contribution in [1.82, 2.24) is 0 Å². The molecule has 0 aromatic heterocycles. The number of carbonyl (C=O) groups is 2. The van der Waals surface area contributed by atoms with Crippen LogP contribution in [0.3, 0.4) is 0 Å². The number of aromatic hydroxyl groups is 1. The van der Waals surface area contributed by atoms with Crippen LogP contribution in [-0.2, 0) is 4.79 Å². The highest BCUT2D eigenvalue weighted by molar-refractivity contribution is 6.03. The number of nitrogens with zero attached hydrogens (tertiary/aromatic N) is 1. The number of rotatable bonds is 5. The molecular weight excluding hydrogens is 316 g/mol. The molecule has 0 bridgehead atoms. The molecular formula is C16H12N2O6. The third kappa shape index (κ3) is 4.17. The number of phenolic OH excluding ortho intramolecular Hbond substituents is 1. The van der Waals surface area contributed by atoms with Crippen molar-refractivity contribution >= 4 is 29.3 Å². The van der Waals surface area contributed by atoms with Gasteiger partial charge in [-0.1, -0.05) is 12.1 Å². The van der Waals surface area contributed by atoms with E-state index < -0.39 is 16.8 Å². The quantitative estimate of drug-likeness (QED) is 0.335. The largest absolute Gasteiger partial charge is 0.506 e. The lowest BCUT2D eigenvalue weighted by molar-refractivity contribution is -0.384. The number of non-ortho nitro benzene ring substituents is 1. The standard InChI is InChI=1S/C16H12N2O6/c19-14-6-5-11(16(21)22)9-13(14)17-15(20)7-4-10-2-1-3-12(8-10)18(23)24/h1-9,19H,(H,17,20)(H,21,22)/b7-4+. The number of nitrogens with one attached hydrogen (secondary N) is 1. The lowest BCUT2D eigenvalue weighted by atomic mass is 10.1. The molecule has 8 nitrogen and oxygen atoms in total. The fraction of sp³-hybridized carbons (Fsp3) is 0. The Bertz CT molecular complexity index is 844. The van der Waals surface area contributed by atoms with Crippen molar-refractivity contribution in [2.45, 2.75) is 0 Å². The van der Waals surface area contributed by atoms with Crippen LogP contribution in [0.4, 0.5) is 11.4 Å². The van der Waals surface area contributed by atoms with Gasteiger partial charge in [-0.15, -0.1) is 0 Å². The van der Waals surface area contributed by atoms with E-state index in [2.05, 4.69) is 5.32 Å². The maximum absolute atomic E-state index is 11.8. The smallest absolute Gasteiger partial charge is 0.335 e. The predicted octanol–water partition coefficient (Wildman–Crippen LogP) is 2.65. The van der Waals surface area contributed by atoms with Gasteiger partial charge in [0.25, 0.3) is 5.69 Å². The Balaban J connectivity index is 2.13. The van der Waals surface area contributed by atoms with Crippen LogP contribution >= 0.6 is 0 Å². The second kappa shape index (κ2) is 7.05. The number of carboxylic acid groups (broad SMARTS) is 1. The number of carboxylic acids is 1. The molecule has 2 rings (SSSR count). The Morgan fingerprint density at radius 2 is 1.92 bits per heavy atom. The molecule has 2 aromatic rings. The second-order valence-electron chi connectivity index (χ2n) is 4.71. The van der Waals surface area contributed by atoms with Gasteiger partial charge in [-0.2, -0.15) is 0 Å². The normalized spacial score (nSPS) is 10.5. The minimum Gasteiger partial charge on any atom is -0.506 e. The lowest BCUT2D eigenvalue weighted by Crippen LogP contribution is -2.09. The minimum atomic E-state index is -1.20. The van der Waals surface area contributed by atoms with Crippen molar-refractivity contribution in [2.75, 3.05) is 5.32 Å². The van der Waals surface area contributed by atoms with Crippen LogP contribution in [-0.4, -0.2) is 27.0 Å². The fourth-order valence-electron chi connectivity index (χ4n) is 1.86. The number of phenols is 1. The molecule has 8 heteroatoms. The SMILES string of the molecule is O=C(/C=C/c1cccc([N+](=O)[O-])c1)Nc1cc(C(=O)O)ccc1O. The van der Waals surface area contributed by atoms with Gasteiger partial charge in [-0.3, -0.25) is 14.9 Å². The average Bonchev–Trinajstić information content (AvgIpc) is 2.55. The molecule has 122 valence electrons. The molecule has 0 saturated carbocycles. The Morgan fingerprint density at radius 3 is 2.58 bits per heavy atom. The first-order chi connectivity index (χ1) is 11.4. The van der Waals surface area contributed by atoms with Gasteiger partial charge in [-0.05, 0) is 29.8 Å². The number of aromatic carboxylic acids is 1. The van der Waals surface area contributed by atoms with Crippen LogP contribution in [0.25, 0.3) is 6.08 Å². The van der Waals surface area contributed by atoms with E-state index in [0.717, 1.165) is 18.2 Å². The monoisotopic (exact) mass is 328 g/mol. The molecule has 0 unspecified atom stereocenters. The van der Waals surface area contributed by atoms with Gasteiger partial charge in [0.2, 0.25) is 5.91 Å². The van der Waals surface area contributed by atoms with Gasteiger partial charge in [0.15, 0.2) is 0 Å². The van der Waals surface area contributed by atoms with Crippen LogP contribution in [0.15, 0.2) is 48.5 Å². The van der Waals surface area contributed by atoms with Crippen molar-refractivity contribution in [2.24, 2.45) is 0 Å². The van der Waals surface area contributed by atoms with E-state index in [-0.39, 0.29) is 22.7 Å². The molecule has 0 radical (unpaired) electrons. The van der Waals surface area contributed by atoms with Crippen LogP contribution in [0.5, 0.6) is 5.75 Å². The molecule has 24 heavy (non-hydrogen) atoms. The summed E-state index contributed by atoms with van der Waals surface area (Å²) in [6, 6.07) is 9.17. The number of hydrogen-bond donors (Lipinski definition) is 3. The maximum Gasteiger partial charge on any atom is 0.335 e. The molecule has 0 saturated heterocycles. The van der Waals surface area contributed by atoms with Crippen molar-refractivity contribution in [3.05, 3.63) is 69.8 Å². The number of amides is 1. The summed E-state index contributed by atoms with van der Waals surface area (Å²) in [5.41, 5.74) is 0.196. The lowest BCUT2D eigenvalue weighted by Gasteiger charge is -2.06. The van der Waals surface area contributed by atoms with Crippen LogP contribution in [0.2, 0.25) is 0 Å². The summed E-state index contributed by atoms with van der Waals surface area (Å²) in [5, 5.41) is 31.6. The number of nitro benzene ring substituents is 1. The fourth-order valence-corrected chi connectivity index (χ4v) is 1.86. The number of hydrogen-bond acceptors (Lipinski definition) is 5. The Hall–Kier alpha value is -3.68. The minimum absolute atomic E-state index is 0.0522. The number of carbonyl (C=O) groups excluding carboxylic acids is 1. The van der Waals surface area contributed by atoms with E-state index >= 15 is 0 Å². The summed E-state index contributed by atoms with van der Waals surface area (Å²) in [7, 11) is 0. The Labute approximate surface area is 135 Å². The molecule has 0 atom stereocenters. The highest BCUT2D eigenvalue weighted by Gasteiger charge is 2.09.